The number of esters is 1. The molecule has 0 aromatic heterocycles. The average Bonchev–Trinajstić information content (AvgIpc) is 3.49. The number of ketones is 1. The Morgan fingerprint density at radius 2 is 1.70 bits per heavy atom. The number of rotatable bonds is 5. The van der Waals surface area contributed by atoms with E-state index in [1.807, 2.05) is 0 Å². The molecule has 30 heavy (non-hydrogen) atoms. The molecule has 1 aromatic carbocycles. The van der Waals surface area contributed by atoms with E-state index in [4.69, 9.17) is 27.9 Å². The predicted molar refractivity (Wildman–Crippen MR) is 108 cm³/mol. The molecule has 7 atom stereocenters. The van der Waals surface area contributed by atoms with E-state index in [1.165, 1.54) is 25.1 Å². The molecule has 1 aliphatic heterocycles. The van der Waals surface area contributed by atoms with Crippen LogP contribution >= 0.6 is 23.2 Å². The van der Waals surface area contributed by atoms with E-state index in [0.29, 0.717) is 16.9 Å². The van der Waals surface area contributed by atoms with Gasteiger partial charge in [-0.1, -0.05) is 35.4 Å². The Balaban J connectivity index is 1.27. The van der Waals surface area contributed by atoms with Crippen molar-refractivity contribution in [2.24, 2.45) is 35.5 Å². The predicted octanol–water partition coefficient (Wildman–Crippen LogP) is 3.16. The number of hydrogen-bond acceptors (Lipinski definition) is 5. The van der Waals surface area contributed by atoms with Gasteiger partial charge in [-0.05, 0) is 55.2 Å². The summed E-state index contributed by atoms with van der Waals surface area (Å²) in [5, 5.41) is 0.544. The van der Waals surface area contributed by atoms with Gasteiger partial charge in [0, 0.05) is 10.6 Å². The van der Waals surface area contributed by atoms with Crippen molar-refractivity contribution in [1.29, 1.82) is 0 Å². The largest absolute Gasteiger partial charge is 0.456 e. The second kappa shape index (κ2) is 6.92. The van der Waals surface area contributed by atoms with Crippen LogP contribution in [0.4, 0.5) is 0 Å². The lowest BCUT2D eigenvalue weighted by Crippen LogP contribution is -2.45. The van der Waals surface area contributed by atoms with Gasteiger partial charge in [-0.3, -0.25) is 19.3 Å². The molecule has 2 amide bonds. The summed E-state index contributed by atoms with van der Waals surface area (Å²) in [6, 6.07) is 3.31. The molecular formula is C22H19Cl2NO5. The van der Waals surface area contributed by atoms with Crippen molar-refractivity contribution in [2.45, 2.75) is 19.4 Å². The lowest BCUT2D eigenvalue weighted by atomic mass is 9.63. The van der Waals surface area contributed by atoms with Crippen LogP contribution in [0.15, 0.2) is 30.4 Å². The van der Waals surface area contributed by atoms with Crippen LogP contribution in [-0.4, -0.2) is 41.1 Å². The van der Waals surface area contributed by atoms with E-state index < -0.39 is 24.4 Å². The molecule has 0 unspecified atom stereocenters. The third kappa shape index (κ3) is 2.84. The third-order valence-corrected chi connectivity index (χ3v) is 7.55. The van der Waals surface area contributed by atoms with Gasteiger partial charge in [0.25, 0.3) is 0 Å². The van der Waals surface area contributed by atoms with Crippen molar-refractivity contribution in [3.05, 3.63) is 46.0 Å². The zero-order valence-corrected chi connectivity index (χ0v) is 17.6. The summed E-state index contributed by atoms with van der Waals surface area (Å²) in [7, 11) is 0. The van der Waals surface area contributed by atoms with Crippen molar-refractivity contribution in [2.75, 3.05) is 6.61 Å². The third-order valence-electron chi connectivity index (χ3n) is 7.00. The molecule has 1 saturated heterocycles. The van der Waals surface area contributed by atoms with E-state index in [2.05, 4.69) is 12.2 Å². The summed E-state index contributed by atoms with van der Waals surface area (Å²) in [6.45, 7) is 0.926. The number of ether oxygens (including phenoxy) is 1. The maximum absolute atomic E-state index is 13.1. The second-order valence-electron chi connectivity index (χ2n) is 8.53. The first-order valence-corrected chi connectivity index (χ1v) is 10.8. The Morgan fingerprint density at radius 3 is 2.27 bits per heavy atom. The van der Waals surface area contributed by atoms with Crippen molar-refractivity contribution in [3.63, 3.8) is 0 Å². The van der Waals surface area contributed by atoms with E-state index in [1.54, 1.807) is 0 Å². The van der Waals surface area contributed by atoms with Crippen LogP contribution in [0.3, 0.4) is 0 Å². The summed E-state index contributed by atoms with van der Waals surface area (Å²) < 4.78 is 5.13. The Labute approximate surface area is 183 Å². The highest BCUT2D eigenvalue weighted by Crippen LogP contribution is 2.65. The van der Waals surface area contributed by atoms with Crippen LogP contribution in [0.1, 0.15) is 23.7 Å². The molecule has 8 heteroatoms. The summed E-state index contributed by atoms with van der Waals surface area (Å²) in [4.78, 5) is 52.1. The quantitative estimate of drug-likeness (QED) is 0.299. The molecule has 0 radical (unpaired) electrons. The Bertz CT molecular complexity index is 985. The van der Waals surface area contributed by atoms with Crippen molar-refractivity contribution >= 4 is 46.8 Å². The number of carbonyl (C=O) groups is 4. The van der Waals surface area contributed by atoms with Gasteiger partial charge < -0.3 is 4.74 Å². The smallest absolute Gasteiger partial charge is 0.329 e. The topological polar surface area (TPSA) is 80.8 Å². The van der Waals surface area contributed by atoms with Gasteiger partial charge >= 0.3 is 5.97 Å². The zero-order chi connectivity index (χ0) is 21.3. The fourth-order valence-corrected chi connectivity index (χ4v) is 6.03. The molecule has 156 valence electrons. The highest BCUT2D eigenvalue weighted by atomic mass is 35.5. The van der Waals surface area contributed by atoms with Gasteiger partial charge in [0.05, 0.1) is 16.9 Å². The SMILES string of the molecule is C[C@H](C(=O)OCC(=O)c1ccc(Cl)cc1Cl)N1C(=O)[C@@H]2[C@H]3C=C[C@@H]([C@@H]4C[C@H]34)[C@@H]2C1=O. The Kier molecular flexibility index (Phi) is 4.56. The normalized spacial score (nSPS) is 33.9. The van der Waals surface area contributed by atoms with Crippen molar-refractivity contribution < 1.29 is 23.9 Å². The van der Waals surface area contributed by atoms with E-state index in [9.17, 15) is 19.2 Å². The summed E-state index contributed by atoms with van der Waals surface area (Å²) in [6.07, 6.45) is 5.22. The van der Waals surface area contributed by atoms with Crippen LogP contribution in [0, 0.1) is 35.5 Å². The first kappa shape index (κ1) is 19.8. The Hall–Kier alpha value is -2.18. The Morgan fingerprint density at radius 1 is 1.10 bits per heavy atom. The maximum Gasteiger partial charge on any atom is 0.329 e. The van der Waals surface area contributed by atoms with Gasteiger partial charge in [-0.15, -0.1) is 0 Å². The summed E-state index contributed by atoms with van der Waals surface area (Å²) >= 11 is 11.8. The molecule has 4 aliphatic carbocycles. The van der Waals surface area contributed by atoms with Crippen LogP contribution in [-0.2, 0) is 19.1 Å². The molecule has 0 spiro atoms. The minimum absolute atomic E-state index is 0.0864. The maximum atomic E-state index is 13.1. The number of allylic oxidation sites excluding steroid dienone is 2. The first-order valence-electron chi connectivity index (χ1n) is 9.99. The van der Waals surface area contributed by atoms with Gasteiger partial charge in [0.15, 0.2) is 6.61 Å². The number of nitrogens with zero attached hydrogens (tertiary/aromatic N) is 1. The van der Waals surface area contributed by atoms with Gasteiger partial charge in [-0.2, -0.15) is 0 Å². The monoisotopic (exact) mass is 447 g/mol. The van der Waals surface area contributed by atoms with Crippen LogP contribution < -0.4 is 0 Å². The lowest BCUT2D eigenvalue weighted by Gasteiger charge is -2.37. The number of Topliss-reactive ketones (excluding diaryl/α,β-unsaturated/α-hetero) is 1. The molecule has 2 saturated carbocycles. The second-order valence-corrected chi connectivity index (χ2v) is 9.38. The highest BCUT2D eigenvalue weighted by Gasteiger charge is 2.67. The van der Waals surface area contributed by atoms with Crippen LogP contribution in [0.2, 0.25) is 10.0 Å². The van der Waals surface area contributed by atoms with Crippen molar-refractivity contribution in [1.82, 2.24) is 4.90 Å². The molecule has 1 heterocycles. The number of halogens is 2. The fraction of sp³-hybridized carbons (Fsp3) is 0.455. The first-order chi connectivity index (χ1) is 14.3. The average molecular weight is 448 g/mol. The van der Waals surface area contributed by atoms with E-state index in [-0.39, 0.29) is 46.1 Å². The van der Waals surface area contributed by atoms with Crippen LogP contribution in [0.5, 0.6) is 0 Å². The highest BCUT2D eigenvalue weighted by molar-refractivity contribution is 6.36. The summed E-state index contributed by atoms with van der Waals surface area (Å²) in [5.74, 6) is -1.48. The van der Waals surface area contributed by atoms with Gasteiger partial charge in [0.1, 0.15) is 6.04 Å². The minimum atomic E-state index is -1.08. The lowest BCUT2D eigenvalue weighted by molar-refractivity contribution is -0.157. The van der Waals surface area contributed by atoms with Crippen LogP contribution in [0.25, 0.3) is 0 Å². The van der Waals surface area contributed by atoms with Gasteiger partial charge in [-0.25, -0.2) is 4.79 Å². The number of carbonyl (C=O) groups excluding carboxylic acids is 4. The molecule has 2 bridgehead atoms. The molecule has 0 N–H and O–H groups in total. The fourth-order valence-electron chi connectivity index (χ4n) is 5.52. The molecule has 1 aromatic rings. The van der Waals surface area contributed by atoms with E-state index >= 15 is 0 Å². The standard InChI is InChI=1S/C22H19Cl2NO5/c1-9(22(29)30-8-17(26)13-3-2-10(23)6-16(13)24)25-20(27)18-11-4-5-12(15-7-14(11)15)19(18)21(25)28/h2-6,9,11-12,14-15,18-19H,7-8H2,1H3/t9-,11+,12+,14-,15+,18-,19+/m1/s1. The minimum Gasteiger partial charge on any atom is -0.456 e. The zero-order valence-electron chi connectivity index (χ0n) is 16.1. The number of benzene rings is 1. The van der Waals surface area contributed by atoms with Crippen molar-refractivity contribution in [3.8, 4) is 0 Å². The molecule has 5 aliphatic rings. The number of hydrogen-bond donors (Lipinski definition) is 0. The molecule has 3 fully saturated rings. The van der Waals surface area contributed by atoms with E-state index in [0.717, 1.165) is 11.3 Å². The molecule has 6 rings (SSSR count). The molecule has 6 nitrogen and oxygen atoms in total. The molecular weight excluding hydrogens is 429 g/mol. The number of amides is 2. The number of likely N-dealkylation sites (tertiary alicyclic amines) is 1. The van der Waals surface area contributed by atoms with Gasteiger partial charge in [0.2, 0.25) is 17.6 Å². The summed E-state index contributed by atoms with van der Waals surface area (Å²) in [5.41, 5.74) is 0.183. The number of imide groups is 1.